The van der Waals surface area contributed by atoms with E-state index in [0.29, 0.717) is 5.92 Å². The van der Waals surface area contributed by atoms with Gasteiger partial charge in [-0.1, -0.05) is 44.2 Å². The molecule has 1 N–H and O–H groups in total. The lowest BCUT2D eigenvalue weighted by atomic mass is 10.1. The number of anilines is 1. The van der Waals surface area contributed by atoms with Gasteiger partial charge in [-0.15, -0.1) is 11.3 Å². The van der Waals surface area contributed by atoms with Gasteiger partial charge in [-0.05, 0) is 5.92 Å². The highest BCUT2D eigenvalue weighted by Crippen LogP contribution is 2.37. The van der Waals surface area contributed by atoms with Crippen LogP contribution in [0.1, 0.15) is 24.6 Å². The highest BCUT2D eigenvalue weighted by atomic mass is 32.1. The molecular weight excluding hydrogens is 266 g/mol. The molecule has 2 heterocycles. The summed E-state index contributed by atoms with van der Waals surface area (Å²) < 4.78 is 0. The fraction of sp³-hybridized carbons (Fsp3) is 0.438. The van der Waals surface area contributed by atoms with Crippen LogP contribution in [0.25, 0.3) is 11.3 Å². The van der Waals surface area contributed by atoms with Gasteiger partial charge in [0, 0.05) is 36.6 Å². The molecule has 1 saturated heterocycles. The molecule has 2 aromatic rings. The van der Waals surface area contributed by atoms with Crippen LogP contribution in [0, 0.1) is 0 Å². The molecule has 0 saturated carbocycles. The molecule has 1 aliphatic heterocycles. The third kappa shape index (κ3) is 2.72. The fourth-order valence-electron chi connectivity index (χ4n) is 2.51. The minimum atomic E-state index is 0.513. The Morgan fingerprint density at radius 3 is 2.50 bits per heavy atom. The van der Waals surface area contributed by atoms with Gasteiger partial charge in [0.25, 0.3) is 0 Å². The predicted molar refractivity (Wildman–Crippen MR) is 86.7 cm³/mol. The average Bonchev–Trinajstić information content (AvgIpc) is 2.94. The predicted octanol–water partition coefficient (Wildman–Crippen LogP) is 3.34. The van der Waals surface area contributed by atoms with Crippen LogP contribution in [0.4, 0.5) is 5.13 Å². The van der Waals surface area contributed by atoms with Crippen LogP contribution in [0.5, 0.6) is 0 Å². The van der Waals surface area contributed by atoms with Gasteiger partial charge >= 0.3 is 0 Å². The number of hydrogen-bond donors (Lipinski definition) is 1. The molecule has 3 rings (SSSR count). The number of benzene rings is 1. The molecule has 0 bridgehead atoms. The molecular formula is C16H21N3S. The Morgan fingerprint density at radius 1 is 1.15 bits per heavy atom. The van der Waals surface area contributed by atoms with Crippen molar-refractivity contribution in [1.82, 2.24) is 10.3 Å². The van der Waals surface area contributed by atoms with E-state index in [-0.39, 0.29) is 0 Å². The van der Waals surface area contributed by atoms with E-state index in [1.807, 2.05) is 11.3 Å². The number of nitrogens with one attached hydrogen (secondary N) is 1. The molecule has 1 aromatic heterocycles. The molecule has 0 amide bonds. The summed E-state index contributed by atoms with van der Waals surface area (Å²) in [6, 6.07) is 10.5. The van der Waals surface area contributed by atoms with E-state index >= 15 is 0 Å². The van der Waals surface area contributed by atoms with Crippen LogP contribution in [0.3, 0.4) is 0 Å². The largest absolute Gasteiger partial charge is 0.346 e. The molecule has 1 fully saturated rings. The summed E-state index contributed by atoms with van der Waals surface area (Å²) in [5, 5.41) is 4.57. The molecule has 0 atom stereocenters. The van der Waals surface area contributed by atoms with Crippen molar-refractivity contribution in [3.05, 3.63) is 35.2 Å². The van der Waals surface area contributed by atoms with E-state index in [1.165, 1.54) is 21.3 Å². The van der Waals surface area contributed by atoms with Crippen molar-refractivity contribution in [2.75, 3.05) is 31.1 Å². The quantitative estimate of drug-likeness (QED) is 0.938. The highest BCUT2D eigenvalue weighted by molar-refractivity contribution is 7.16. The lowest BCUT2D eigenvalue weighted by molar-refractivity contribution is 0.588. The van der Waals surface area contributed by atoms with Crippen LogP contribution < -0.4 is 10.2 Å². The summed E-state index contributed by atoms with van der Waals surface area (Å²) in [7, 11) is 0. The monoisotopic (exact) mass is 287 g/mol. The summed E-state index contributed by atoms with van der Waals surface area (Å²) in [5.41, 5.74) is 2.40. The number of nitrogens with zero attached hydrogens (tertiary/aromatic N) is 2. The van der Waals surface area contributed by atoms with E-state index in [9.17, 15) is 0 Å². The van der Waals surface area contributed by atoms with Crippen molar-refractivity contribution < 1.29 is 0 Å². The number of rotatable bonds is 3. The summed E-state index contributed by atoms with van der Waals surface area (Å²) in [5.74, 6) is 0.513. The van der Waals surface area contributed by atoms with Crippen molar-refractivity contribution in [2.45, 2.75) is 19.8 Å². The standard InChI is InChI=1S/C16H21N3S/c1-12(2)15-14(13-6-4-3-5-7-13)18-16(20-15)19-10-8-17-9-11-19/h3-7,12,17H,8-11H2,1-2H3. The molecule has 0 radical (unpaired) electrons. The minimum Gasteiger partial charge on any atom is -0.346 e. The lowest BCUT2D eigenvalue weighted by Gasteiger charge is -2.26. The Labute approximate surface area is 124 Å². The molecule has 4 heteroatoms. The van der Waals surface area contributed by atoms with Crippen molar-refractivity contribution in [3.8, 4) is 11.3 Å². The smallest absolute Gasteiger partial charge is 0.186 e. The fourth-order valence-corrected chi connectivity index (χ4v) is 3.65. The Balaban J connectivity index is 1.98. The first kappa shape index (κ1) is 13.6. The topological polar surface area (TPSA) is 28.2 Å². The van der Waals surface area contributed by atoms with Crippen molar-refractivity contribution >= 4 is 16.5 Å². The zero-order chi connectivity index (χ0) is 13.9. The van der Waals surface area contributed by atoms with Gasteiger partial charge in [0.15, 0.2) is 5.13 Å². The van der Waals surface area contributed by atoms with Gasteiger partial charge in [0.05, 0.1) is 5.69 Å². The van der Waals surface area contributed by atoms with Crippen molar-refractivity contribution in [3.63, 3.8) is 0 Å². The Morgan fingerprint density at radius 2 is 1.85 bits per heavy atom. The van der Waals surface area contributed by atoms with Crippen molar-refractivity contribution in [2.24, 2.45) is 0 Å². The van der Waals surface area contributed by atoms with Gasteiger partial charge in [0.1, 0.15) is 0 Å². The third-order valence-electron chi connectivity index (χ3n) is 3.60. The first-order valence-electron chi connectivity index (χ1n) is 7.27. The van der Waals surface area contributed by atoms with E-state index in [1.54, 1.807) is 0 Å². The Hall–Kier alpha value is -1.39. The molecule has 1 aliphatic rings. The SMILES string of the molecule is CC(C)c1sc(N2CCNCC2)nc1-c1ccccc1. The molecule has 1 aromatic carbocycles. The van der Waals surface area contributed by atoms with Crippen LogP contribution in [0.15, 0.2) is 30.3 Å². The maximum atomic E-state index is 4.94. The zero-order valence-corrected chi connectivity index (χ0v) is 12.9. The van der Waals surface area contributed by atoms with E-state index in [4.69, 9.17) is 4.98 Å². The van der Waals surface area contributed by atoms with Gasteiger partial charge in [-0.25, -0.2) is 4.98 Å². The van der Waals surface area contributed by atoms with Crippen LogP contribution in [0.2, 0.25) is 0 Å². The molecule has 106 valence electrons. The molecule has 20 heavy (non-hydrogen) atoms. The second-order valence-corrected chi connectivity index (χ2v) is 6.48. The summed E-state index contributed by atoms with van der Waals surface area (Å²) in [4.78, 5) is 8.74. The number of thiazole rings is 1. The maximum absolute atomic E-state index is 4.94. The van der Waals surface area contributed by atoms with E-state index < -0.39 is 0 Å². The first-order chi connectivity index (χ1) is 9.75. The number of aromatic nitrogens is 1. The van der Waals surface area contributed by atoms with Crippen LogP contribution >= 0.6 is 11.3 Å². The first-order valence-corrected chi connectivity index (χ1v) is 8.09. The van der Waals surface area contributed by atoms with Crippen LogP contribution in [-0.4, -0.2) is 31.2 Å². The number of piperazine rings is 1. The van der Waals surface area contributed by atoms with Crippen LogP contribution in [-0.2, 0) is 0 Å². The van der Waals surface area contributed by atoms with E-state index in [2.05, 4.69) is 54.4 Å². The normalized spacial score (nSPS) is 15.8. The molecule has 0 aliphatic carbocycles. The highest BCUT2D eigenvalue weighted by Gasteiger charge is 2.20. The van der Waals surface area contributed by atoms with Gasteiger partial charge < -0.3 is 10.2 Å². The average molecular weight is 287 g/mol. The van der Waals surface area contributed by atoms with Gasteiger partial charge in [-0.2, -0.15) is 0 Å². The Bertz CT molecular complexity index is 556. The Kier molecular flexibility index (Phi) is 4.03. The summed E-state index contributed by atoms with van der Waals surface area (Å²) in [6.45, 7) is 8.72. The lowest BCUT2D eigenvalue weighted by Crippen LogP contribution is -2.43. The second-order valence-electron chi connectivity index (χ2n) is 5.47. The van der Waals surface area contributed by atoms with Gasteiger partial charge in [-0.3, -0.25) is 0 Å². The molecule has 3 nitrogen and oxygen atoms in total. The summed E-state index contributed by atoms with van der Waals surface area (Å²) >= 11 is 1.86. The molecule has 0 spiro atoms. The van der Waals surface area contributed by atoms with Crippen molar-refractivity contribution in [1.29, 1.82) is 0 Å². The maximum Gasteiger partial charge on any atom is 0.186 e. The minimum absolute atomic E-state index is 0.513. The molecule has 0 unspecified atom stereocenters. The number of hydrogen-bond acceptors (Lipinski definition) is 4. The zero-order valence-electron chi connectivity index (χ0n) is 12.1. The second kappa shape index (κ2) is 5.94. The van der Waals surface area contributed by atoms with E-state index in [0.717, 1.165) is 26.2 Å². The summed E-state index contributed by atoms with van der Waals surface area (Å²) in [6.07, 6.45) is 0. The van der Waals surface area contributed by atoms with Gasteiger partial charge in [0.2, 0.25) is 0 Å². The third-order valence-corrected chi connectivity index (χ3v) is 5.02.